The van der Waals surface area contributed by atoms with Crippen LogP contribution in [-0.4, -0.2) is 85.2 Å². The fraction of sp³-hybridized carbons (Fsp3) is 0.463. The monoisotopic (exact) mass is 786 g/mol. The lowest BCUT2D eigenvalue weighted by atomic mass is 9.84. The van der Waals surface area contributed by atoms with E-state index in [2.05, 4.69) is 21.3 Å². The summed E-state index contributed by atoms with van der Waals surface area (Å²) >= 11 is 0. The molecule has 3 amide bonds. The zero-order valence-electron chi connectivity index (χ0n) is 32.1. The predicted octanol–water partition coefficient (Wildman–Crippen LogP) is 6.30. The van der Waals surface area contributed by atoms with Crippen LogP contribution in [-0.2, 0) is 22.8 Å². The van der Waals surface area contributed by atoms with Crippen LogP contribution in [0.15, 0.2) is 59.5 Å². The van der Waals surface area contributed by atoms with Gasteiger partial charge in [0.1, 0.15) is 23.2 Å². The second kappa shape index (κ2) is 15.1. The number of nitrogens with one attached hydrogen (secondary N) is 1. The quantitative estimate of drug-likeness (QED) is 0.181. The van der Waals surface area contributed by atoms with Crippen molar-refractivity contribution in [1.82, 2.24) is 33.7 Å². The van der Waals surface area contributed by atoms with Gasteiger partial charge in [-0.1, -0.05) is 18.2 Å². The number of pyridine rings is 1. The van der Waals surface area contributed by atoms with E-state index in [0.717, 1.165) is 97.2 Å². The van der Waals surface area contributed by atoms with Crippen LogP contribution in [0.1, 0.15) is 91.1 Å². The average molecular weight is 787 g/mol. The molecule has 57 heavy (non-hydrogen) atoms. The number of halogens is 3. The number of aryl methyl sites for hydroxylation is 1. The number of piperidine rings is 2. The number of likely N-dealkylation sites (tertiary alicyclic amines) is 2. The molecule has 300 valence electrons. The fourth-order valence-electron chi connectivity index (χ4n) is 9.05. The Morgan fingerprint density at radius 1 is 0.947 bits per heavy atom. The standard InChI is InChI=1S/C41H45F3N8O5/c1-48-36(53)15-14-33(39(48)55)52-32-8-4-6-28(37(32)49(2)40(52)56)25-16-18-50(19-17-25)22-24-10-12-27(13-11-24)51-23-26-20-31(34(57-3)21-30(26)47-51)46-38(54)29-7-5-9-35(45-29)41(42,43)44/h4-9,20-21,23-25,27,33H,10-19,22H2,1-3H3,(H,46,54). The lowest BCUT2D eigenvalue weighted by molar-refractivity contribution is -0.149. The van der Waals surface area contributed by atoms with Crippen LogP contribution in [0, 0.1) is 5.92 Å². The number of hydrogen-bond donors (Lipinski definition) is 1. The van der Waals surface area contributed by atoms with Crippen molar-refractivity contribution in [3.05, 3.63) is 82.2 Å². The van der Waals surface area contributed by atoms with Gasteiger partial charge in [-0.3, -0.25) is 33.1 Å². The van der Waals surface area contributed by atoms with Crippen LogP contribution < -0.4 is 15.7 Å². The first-order chi connectivity index (χ1) is 27.3. The molecule has 0 bridgehead atoms. The topological polar surface area (TPSA) is 137 Å². The van der Waals surface area contributed by atoms with Gasteiger partial charge in [0.15, 0.2) is 0 Å². The molecule has 8 rings (SSSR count). The summed E-state index contributed by atoms with van der Waals surface area (Å²) in [5.41, 5.74) is 1.99. The molecule has 5 aromatic rings. The minimum Gasteiger partial charge on any atom is -0.494 e. The van der Waals surface area contributed by atoms with Gasteiger partial charge in [-0.2, -0.15) is 18.3 Å². The Kier molecular flexibility index (Phi) is 10.2. The average Bonchev–Trinajstić information content (AvgIpc) is 3.74. The van der Waals surface area contributed by atoms with Gasteiger partial charge in [0.25, 0.3) is 11.8 Å². The number of methoxy groups -OCH3 is 1. The molecule has 1 saturated carbocycles. The van der Waals surface area contributed by atoms with E-state index in [1.54, 1.807) is 28.3 Å². The van der Waals surface area contributed by atoms with Crippen molar-refractivity contribution >= 4 is 45.3 Å². The summed E-state index contributed by atoms with van der Waals surface area (Å²) in [6, 6.07) is 12.1. The third kappa shape index (κ3) is 7.30. The number of hydrogen-bond acceptors (Lipinski definition) is 8. The number of alkyl halides is 3. The minimum absolute atomic E-state index is 0.210. The van der Waals surface area contributed by atoms with Crippen molar-refractivity contribution in [1.29, 1.82) is 0 Å². The molecule has 2 aliphatic heterocycles. The number of carbonyl (C=O) groups is 3. The Balaban J connectivity index is 0.879. The van der Waals surface area contributed by atoms with E-state index in [9.17, 15) is 32.3 Å². The number of fused-ring (bicyclic) bond motifs is 2. The molecule has 0 radical (unpaired) electrons. The van der Waals surface area contributed by atoms with Crippen molar-refractivity contribution in [3.8, 4) is 5.75 Å². The number of aromatic nitrogens is 5. The first-order valence-corrected chi connectivity index (χ1v) is 19.5. The molecule has 2 saturated heterocycles. The summed E-state index contributed by atoms with van der Waals surface area (Å²) in [4.78, 5) is 58.8. The Morgan fingerprint density at radius 2 is 1.68 bits per heavy atom. The van der Waals surface area contributed by atoms with Gasteiger partial charge in [0.2, 0.25) is 5.91 Å². The SMILES string of the molecule is COc1cc2nn(C3CCC(CN4CCC(c5cccc6c5n(C)c(=O)n6C5CCC(=O)N(C)C5=O)CC4)CC3)cc2cc1NC(=O)c1cccc(C(F)(F)F)n1. The Bertz CT molecular complexity index is 2420. The fourth-order valence-corrected chi connectivity index (χ4v) is 9.05. The second-order valence-electron chi connectivity index (χ2n) is 15.6. The number of para-hydroxylation sites is 1. The van der Waals surface area contributed by atoms with Crippen LogP contribution in [0.25, 0.3) is 21.9 Å². The van der Waals surface area contributed by atoms with E-state index in [1.165, 1.54) is 20.2 Å². The summed E-state index contributed by atoms with van der Waals surface area (Å²) in [6.45, 7) is 2.94. The van der Waals surface area contributed by atoms with Crippen molar-refractivity contribution < 1.29 is 32.3 Å². The molecule has 1 unspecified atom stereocenters. The van der Waals surface area contributed by atoms with Gasteiger partial charge in [0, 0.05) is 44.7 Å². The molecule has 16 heteroatoms. The van der Waals surface area contributed by atoms with Crippen LogP contribution in [0.4, 0.5) is 18.9 Å². The number of anilines is 1. The molecule has 1 aliphatic carbocycles. The summed E-state index contributed by atoms with van der Waals surface area (Å²) < 4.78 is 50.3. The smallest absolute Gasteiger partial charge is 0.433 e. The van der Waals surface area contributed by atoms with E-state index in [-0.39, 0.29) is 41.6 Å². The van der Waals surface area contributed by atoms with Gasteiger partial charge in [-0.15, -0.1) is 0 Å². The van der Waals surface area contributed by atoms with Gasteiger partial charge in [-0.25, -0.2) is 9.78 Å². The predicted molar refractivity (Wildman–Crippen MR) is 206 cm³/mol. The number of rotatable bonds is 8. The lowest BCUT2D eigenvalue weighted by Gasteiger charge is -2.37. The van der Waals surface area contributed by atoms with Crippen LogP contribution in [0.3, 0.4) is 0 Å². The molecule has 3 fully saturated rings. The normalized spacial score (nSPS) is 21.4. The molecule has 1 atom stereocenters. The van der Waals surface area contributed by atoms with E-state index < -0.39 is 23.8 Å². The second-order valence-corrected chi connectivity index (χ2v) is 15.6. The highest BCUT2D eigenvalue weighted by Gasteiger charge is 2.37. The third-order valence-electron chi connectivity index (χ3n) is 12.2. The van der Waals surface area contributed by atoms with Gasteiger partial charge >= 0.3 is 11.9 Å². The summed E-state index contributed by atoms with van der Waals surface area (Å²) in [5, 5.41) is 8.25. The molecular formula is C41H45F3N8O5. The number of carbonyl (C=O) groups excluding carboxylic acids is 3. The van der Waals surface area contributed by atoms with Crippen LogP contribution in [0.5, 0.6) is 5.75 Å². The maximum Gasteiger partial charge on any atom is 0.433 e. The third-order valence-corrected chi connectivity index (χ3v) is 12.2. The molecule has 5 heterocycles. The van der Waals surface area contributed by atoms with Gasteiger partial charge in [0.05, 0.1) is 35.4 Å². The van der Waals surface area contributed by atoms with E-state index in [0.29, 0.717) is 29.3 Å². The Morgan fingerprint density at radius 3 is 2.40 bits per heavy atom. The maximum absolute atomic E-state index is 13.5. The Hall–Kier alpha value is -5.51. The highest BCUT2D eigenvalue weighted by Crippen LogP contribution is 2.38. The zero-order valence-corrected chi connectivity index (χ0v) is 32.1. The number of ether oxygens (including phenoxy) is 1. The van der Waals surface area contributed by atoms with Crippen molar-refractivity contribution in [2.45, 2.75) is 75.5 Å². The zero-order chi connectivity index (χ0) is 40.2. The molecule has 0 spiro atoms. The lowest BCUT2D eigenvalue weighted by Crippen LogP contribution is -2.45. The number of amides is 3. The largest absolute Gasteiger partial charge is 0.494 e. The van der Waals surface area contributed by atoms with E-state index in [1.807, 2.05) is 23.0 Å². The van der Waals surface area contributed by atoms with E-state index >= 15 is 0 Å². The first kappa shape index (κ1) is 38.4. The van der Waals surface area contributed by atoms with Crippen molar-refractivity contribution in [3.63, 3.8) is 0 Å². The summed E-state index contributed by atoms with van der Waals surface area (Å²) in [6.07, 6.45) is 3.82. The summed E-state index contributed by atoms with van der Waals surface area (Å²) in [5.74, 6) is -0.168. The molecule has 3 aromatic heterocycles. The highest BCUT2D eigenvalue weighted by atomic mass is 19.4. The molecule has 1 N–H and O–H groups in total. The number of nitrogens with zero attached hydrogens (tertiary/aromatic N) is 7. The number of imidazole rings is 1. The van der Waals surface area contributed by atoms with Gasteiger partial charge in [-0.05, 0) is 99.7 Å². The number of imide groups is 1. The summed E-state index contributed by atoms with van der Waals surface area (Å²) in [7, 11) is 4.70. The van der Waals surface area contributed by atoms with Crippen molar-refractivity contribution in [2.24, 2.45) is 13.0 Å². The molecule has 13 nitrogen and oxygen atoms in total. The van der Waals surface area contributed by atoms with E-state index in [4.69, 9.17) is 9.84 Å². The molecular weight excluding hydrogens is 741 g/mol. The highest BCUT2D eigenvalue weighted by molar-refractivity contribution is 6.05. The molecule has 3 aliphatic rings. The molecule has 2 aromatic carbocycles. The first-order valence-electron chi connectivity index (χ1n) is 19.5. The van der Waals surface area contributed by atoms with Crippen LogP contribution in [0.2, 0.25) is 0 Å². The number of likely N-dealkylation sites (N-methyl/N-ethyl adjacent to an activating group) is 1. The van der Waals surface area contributed by atoms with Crippen LogP contribution >= 0.6 is 0 Å². The maximum atomic E-state index is 13.5. The number of benzene rings is 2. The van der Waals surface area contributed by atoms with Gasteiger partial charge < -0.3 is 15.0 Å². The van der Waals surface area contributed by atoms with Crippen molar-refractivity contribution in [2.75, 3.05) is 39.1 Å². The Labute approximate surface area is 326 Å². The minimum atomic E-state index is -4.67.